The summed E-state index contributed by atoms with van der Waals surface area (Å²) in [7, 11) is 0. The minimum absolute atomic E-state index is 0.360. The smallest absolute Gasteiger partial charge is 0.411 e. The fourth-order valence-corrected chi connectivity index (χ4v) is 1.58. The van der Waals surface area contributed by atoms with E-state index in [1.165, 1.54) is 0 Å². The van der Waals surface area contributed by atoms with Crippen LogP contribution in [0.5, 0.6) is 0 Å². The number of rotatable bonds is 6. The quantitative estimate of drug-likeness (QED) is 0.774. The third-order valence-electron chi connectivity index (χ3n) is 2.77. The molecule has 5 heteroatoms. The van der Waals surface area contributed by atoms with Gasteiger partial charge in [0.1, 0.15) is 0 Å². The summed E-state index contributed by atoms with van der Waals surface area (Å²) in [5.74, 6) is -1.62. The monoisotopic (exact) mass is 265 g/mol. The first-order chi connectivity index (χ1) is 9.06. The summed E-state index contributed by atoms with van der Waals surface area (Å²) < 4.78 is 4.98. The number of carbonyl (C=O) groups excluding carboxylic acids is 1. The van der Waals surface area contributed by atoms with Crippen molar-refractivity contribution in [3.8, 4) is 0 Å². The third kappa shape index (κ3) is 4.62. The number of nitrogens with one attached hydrogen (secondary N) is 1. The number of anilines is 1. The second kappa shape index (κ2) is 7.41. The van der Waals surface area contributed by atoms with Gasteiger partial charge in [-0.05, 0) is 25.0 Å². The maximum absolute atomic E-state index is 11.6. The second-order valence-electron chi connectivity index (χ2n) is 4.26. The zero-order valence-corrected chi connectivity index (χ0v) is 11.2. The Morgan fingerprint density at radius 2 is 2.05 bits per heavy atom. The minimum atomic E-state index is -0.936. The van der Waals surface area contributed by atoms with Crippen LogP contribution in [-0.4, -0.2) is 23.8 Å². The first-order valence-corrected chi connectivity index (χ1v) is 6.31. The third-order valence-corrected chi connectivity index (χ3v) is 2.77. The Morgan fingerprint density at radius 3 is 2.68 bits per heavy atom. The lowest BCUT2D eigenvalue weighted by molar-refractivity contribution is -0.138. The normalized spacial score (nSPS) is 11.7. The van der Waals surface area contributed by atoms with Crippen LogP contribution in [0.3, 0.4) is 0 Å². The van der Waals surface area contributed by atoms with Gasteiger partial charge in [0.2, 0.25) is 0 Å². The van der Waals surface area contributed by atoms with E-state index in [1.807, 2.05) is 6.92 Å². The number of carboxylic acid groups (broad SMARTS) is 1. The van der Waals surface area contributed by atoms with E-state index in [2.05, 4.69) is 5.32 Å². The van der Waals surface area contributed by atoms with Gasteiger partial charge in [-0.3, -0.25) is 10.1 Å². The van der Waals surface area contributed by atoms with E-state index in [9.17, 15) is 9.59 Å². The number of benzene rings is 1. The molecule has 19 heavy (non-hydrogen) atoms. The zero-order chi connectivity index (χ0) is 14.3. The Balaban J connectivity index is 2.72. The number of hydrogen-bond donors (Lipinski definition) is 2. The van der Waals surface area contributed by atoms with Gasteiger partial charge in [0.15, 0.2) is 0 Å². The molecule has 104 valence electrons. The summed E-state index contributed by atoms with van der Waals surface area (Å²) in [6.07, 6.45) is 1.19. The van der Waals surface area contributed by atoms with Crippen LogP contribution in [0.15, 0.2) is 24.3 Å². The Hall–Kier alpha value is -2.04. The summed E-state index contributed by atoms with van der Waals surface area (Å²) in [4.78, 5) is 22.6. The van der Waals surface area contributed by atoms with Crippen LogP contribution in [0.2, 0.25) is 0 Å². The Bertz CT molecular complexity index is 445. The van der Waals surface area contributed by atoms with E-state index in [0.29, 0.717) is 17.9 Å². The summed E-state index contributed by atoms with van der Waals surface area (Å²) in [6, 6.07) is 6.82. The molecule has 0 saturated carbocycles. The van der Waals surface area contributed by atoms with E-state index in [1.54, 1.807) is 31.2 Å². The molecule has 0 aliphatic carbocycles. The van der Waals surface area contributed by atoms with Crippen molar-refractivity contribution in [2.75, 3.05) is 11.9 Å². The maximum Gasteiger partial charge on any atom is 0.411 e. The Kier molecular flexibility index (Phi) is 5.85. The molecule has 0 heterocycles. The average Bonchev–Trinajstić information content (AvgIpc) is 2.38. The van der Waals surface area contributed by atoms with Gasteiger partial charge in [-0.2, -0.15) is 0 Å². The summed E-state index contributed by atoms with van der Waals surface area (Å²) >= 11 is 0. The second-order valence-corrected chi connectivity index (χ2v) is 4.26. The topological polar surface area (TPSA) is 75.6 Å². The lowest BCUT2D eigenvalue weighted by Crippen LogP contribution is -2.17. The van der Waals surface area contributed by atoms with Gasteiger partial charge in [-0.15, -0.1) is 0 Å². The van der Waals surface area contributed by atoms with Gasteiger partial charge in [-0.1, -0.05) is 31.5 Å². The van der Waals surface area contributed by atoms with Crippen molar-refractivity contribution in [2.45, 2.75) is 32.6 Å². The van der Waals surface area contributed by atoms with Crippen LogP contribution in [0.1, 0.15) is 38.2 Å². The van der Waals surface area contributed by atoms with Crippen molar-refractivity contribution < 1.29 is 19.4 Å². The number of unbranched alkanes of at least 4 members (excludes halogenated alkanes) is 1. The standard InChI is InChI=1S/C14H19NO4/c1-3-4-9-19-14(18)15-12-8-6-5-7-11(12)10(2)13(16)17/h5-8,10H,3-4,9H2,1-2H3,(H,15,18)(H,16,17). The molecular formula is C14H19NO4. The summed E-state index contributed by atoms with van der Waals surface area (Å²) in [6.45, 7) is 3.94. The molecule has 5 nitrogen and oxygen atoms in total. The first kappa shape index (κ1) is 15.0. The van der Waals surface area contributed by atoms with E-state index >= 15 is 0 Å². The number of carbonyl (C=O) groups is 2. The SMILES string of the molecule is CCCCOC(=O)Nc1ccccc1C(C)C(=O)O. The minimum Gasteiger partial charge on any atom is -0.481 e. The van der Waals surface area contributed by atoms with Crippen LogP contribution in [0.25, 0.3) is 0 Å². The summed E-state index contributed by atoms with van der Waals surface area (Å²) in [5, 5.41) is 11.6. The molecule has 2 N–H and O–H groups in total. The molecule has 0 spiro atoms. The van der Waals surface area contributed by atoms with Gasteiger partial charge in [-0.25, -0.2) is 4.79 Å². The number of para-hydroxylation sites is 1. The van der Waals surface area contributed by atoms with Gasteiger partial charge < -0.3 is 9.84 Å². The van der Waals surface area contributed by atoms with Gasteiger partial charge >= 0.3 is 12.1 Å². The van der Waals surface area contributed by atoms with Gasteiger partial charge in [0.25, 0.3) is 0 Å². The number of hydrogen-bond acceptors (Lipinski definition) is 3. The van der Waals surface area contributed by atoms with Crippen LogP contribution in [-0.2, 0) is 9.53 Å². The van der Waals surface area contributed by atoms with Crippen molar-refractivity contribution in [2.24, 2.45) is 0 Å². The van der Waals surface area contributed by atoms with E-state index < -0.39 is 18.0 Å². The molecule has 0 saturated heterocycles. The molecule has 1 atom stereocenters. The molecule has 0 aromatic heterocycles. The first-order valence-electron chi connectivity index (χ1n) is 6.31. The molecule has 0 aliphatic rings. The molecule has 0 aliphatic heterocycles. The number of amides is 1. The van der Waals surface area contributed by atoms with E-state index in [4.69, 9.17) is 9.84 Å². The van der Waals surface area contributed by atoms with Crippen molar-refractivity contribution >= 4 is 17.7 Å². The lowest BCUT2D eigenvalue weighted by atomic mass is 9.99. The molecule has 0 fully saturated rings. The molecule has 1 aromatic carbocycles. The van der Waals surface area contributed by atoms with Crippen LogP contribution >= 0.6 is 0 Å². The van der Waals surface area contributed by atoms with Crippen molar-refractivity contribution in [3.05, 3.63) is 29.8 Å². The largest absolute Gasteiger partial charge is 0.481 e. The molecular weight excluding hydrogens is 246 g/mol. The molecule has 0 bridgehead atoms. The van der Waals surface area contributed by atoms with E-state index in [0.717, 1.165) is 12.8 Å². The van der Waals surface area contributed by atoms with Gasteiger partial charge in [0.05, 0.1) is 12.5 Å². The Morgan fingerprint density at radius 1 is 1.37 bits per heavy atom. The van der Waals surface area contributed by atoms with Crippen molar-refractivity contribution in [3.63, 3.8) is 0 Å². The Labute approximate surface area is 112 Å². The zero-order valence-electron chi connectivity index (χ0n) is 11.2. The molecule has 1 rings (SSSR count). The van der Waals surface area contributed by atoms with Gasteiger partial charge in [0, 0.05) is 5.69 Å². The number of aliphatic carboxylic acids is 1. The number of ether oxygens (including phenoxy) is 1. The number of carboxylic acids is 1. The molecule has 1 amide bonds. The lowest BCUT2D eigenvalue weighted by Gasteiger charge is -2.13. The molecule has 1 aromatic rings. The highest BCUT2D eigenvalue weighted by atomic mass is 16.5. The fraction of sp³-hybridized carbons (Fsp3) is 0.429. The van der Waals surface area contributed by atoms with E-state index in [-0.39, 0.29) is 0 Å². The van der Waals surface area contributed by atoms with Crippen molar-refractivity contribution in [1.29, 1.82) is 0 Å². The highest BCUT2D eigenvalue weighted by molar-refractivity contribution is 5.88. The highest BCUT2D eigenvalue weighted by Crippen LogP contribution is 2.24. The average molecular weight is 265 g/mol. The molecule has 1 unspecified atom stereocenters. The molecule has 0 radical (unpaired) electrons. The maximum atomic E-state index is 11.6. The summed E-state index contributed by atoms with van der Waals surface area (Å²) in [5.41, 5.74) is 1.03. The van der Waals surface area contributed by atoms with Crippen LogP contribution in [0, 0.1) is 0 Å². The van der Waals surface area contributed by atoms with Crippen LogP contribution in [0.4, 0.5) is 10.5 Å². The van der Waals surface area contributed by atoms with Crippen LogP contribution < -0.4 is 5.32 Å². The predicted octanol–water partition coefficient (Wildman–Crippen LogP) is 3.22. The highest BCUT2D eigenvalue weighted by Gasteiger charge is 2.18. The fourth-order valence-electron chi connectivity index (χ4n) is 1.58. The van der Waals surface area contributed by atoms with Crippen molar-refractivity contribution in [1.82, 2.24) is 0 Å². The predicted molar refractivity (Wildman–Crippen MR) is 72.4 cm³/mol.